The molecule has 120 valence electrons. The zero-order chi connectivity index (χ0) is 16.6. The number of rotatable bonds is 7. The van der Waals surface area contributed by atoms with Gasteiger partial charge in [-0.05, 0) is 54.7 Å². The molecule has 1 rings (SSSR count). The van der Waals surface area contributed by atoms with E-state index < -0.39 is 11.9 Å². The lowest BCUT2D eigenvalue weighted by Gasteiger charge is -2.22. The van der Waals surface area contributed by atoms with E-state index in [9.17, 15) is 5.11 Å². The van der Waals surface area contributed by atoms with Gasteiger partial charge in [-0.15, -0.1) is 0 Å². The molecular weight excluding hydrogens is 276 g/mol. The fourth-order valence-corrected chi connectivity index (χ4v) is 2.17. The minimum atomic E-state index is -1.46. The molecule has 0 amide bonds. The fraction of sp³-hybridized carbons (Fsp3) is 0.368. The van der Waals surface area contributed by atoms with Crippen LogP contribution in [0.25, 0.3) is 11.6 Å². The molecule has 0 spiro atoms. The highest BCUT2D eigenvalue weighted by atomic mass is 16.5. The topological polar surface area (TPSA) is 60.7 Å². The highest BCUT2D eigenvalue weighted by Crippen LogP contribution is 2.25. The lowest BCUT2D eigenvalue weighted by molar-refractivity contribution is 0.00303. The first-order valence-electron chi connectivity index (χ1n) is 7.66. The molecule has 0 unspecified atom stereocenters. The summed E-state index contributed by atoms with van der Waals surface area (Å²) in [7, 11) is 0. The molecule has 0 heterocycles. The zero-order valence-electron chi connectivity index (χ0n) is 13.5. The van der Waals surface area contributed by atoms with Crippen LogP contribution in [-0.2, 0) is 0 Å². The summed E-state index contributed by atoms with van der Waals surface area (Å²) in [6.45, 7) is 5.88. The van der Waals surface area contributed by atoms with Crippen LogP contribution in [0.15, 0.2) is 48.6 Å². The molecule has 0 saturated carbocycles. The number of aliphatic hydroxyl groups excluding tert-OH is 1. The summed E-state index contributed by atoms with van der Waals surface area (Å²) in [5.41, 5.74) is 1.99. The third-order valence-corrected chi connectivity index (χ3v) is 3.68. The normalized spacial score (nSPS) is 13.7. The molecule has 3 nitrogen and oxygen atoms in total. The van der Waals surface area contributed by atoms with Crippen molar-refractivity contribution < 1.29 is 15.3 Å². The van der Waals surface area contributed by atoms with Gasteiger partial charge in [0, 0.05) is 0 Å². The zero-order valence-corrected chi connectivity index (χ0v) is 13.5. The van der Waals surface area contributed by atoms with Gasteiger partial charge >= 0.3 is 0 Å². The average molecular weight is 302 g/mol. The summed E-state index contributed by atoms with van der Waals surface area (Å²) < 4.78 is 0. The van der Waals surface area contributed by atoms with Gasteiger partial charge in [-0.1, -0.05) is 50.3 Å². The Labute approximate surface area is 132 Å². The predicted octanol–water partition coefficient (Wildman–Crippen LogP) is 3.52. The van der Waals surface area contributed by atoms with E-state index in [2.05, 4.69) is 0 Å². The van der Waals surface area contributed by atoms with Crippen LogP contribution in [0.2, 0.25) is 0 Å². The highest BCUT2D eigenvalue weighted by molar-refractivity contribution is 5.76. The Kier molecular flexibility index (Phi) is 7.25. The Hall–Kier alpha value is -1.68. The summed E-state index contributed by atoms with van der Waals surface area (Å²) in [6, 6.07) is 7.73. The van der Waals surface area contributed by atoms with E-state index in [4.69, 9.17) is 10.2 Å². The Morgan fingerprint density at radius 2 is 1.91 bits per heavy atom. The van der Waals surface area contributed by atoms with Gasteiger partial charge in [-0.3, -0.25) is 0 Å². The fourth-order valence-electron chi connectivity index (χ4n) is 2.17. The van der Waals surface area contributed by atoms with E-state index in [1.807, 2.05) is 63.3 Å². The summed E-state index contributed by atoms with van der Waals surface area (Å²) in [5, 5.41) is 28.4. The Morgan fingerprint density at radius 1 is 1.23 bits per heavy atom. The van der Waals surface area contributed by atoms with Crippen molar-refractivity contribution in [2.45, 2.75) is 45.5 Å². The molecule has 0 bridgehead atoms. The van der Waals surface area contributed by atoms with Gasteiger partial charge in [0.05, 0.1) is 5.60 Å². The lowest BCUT2D eigenvalue weighted by atomic mass is 9.91. The number of hydrogen-bond donors (Lipinski definition) is 3. The van der Waals surface area contributed by atoms with E-state index in [-0.39, 0.29) is 0 Å². The van der Waals surface area contributed by atoms with E-state index in [0.717, 1.165) is 16.7 Å². The molecule has 22 heavy (non-hydrogen) atoms. The van der Waals surface area contributed by atoms with E-state index >= 15 is 0 Å². The first kappa shape index (κ1) is 18.4. The molecule has 3 N–H and O–H groups in total. The van der Waals surface area contributed by atoms with Crippen molar-refractivity contribution in [1.82, 2.24) is 0 Å². The second-order valence-corrected chi connectivity index (χ2v) is 5.31. The molecule has 1 aromatic rings. The van der Waals surface area contributed by atoms with Crippen molar-refractivity contribution in [2.75, 3.05) is 0 Å². The van der Waals surface area contributed by atoms with Crippen LogP contribution in [0, 0.1) is 0 Å². The minimum Gasteiger partial charge on any atom is -0.386 e. The molecule has 0 radical (unpaired) electrons. The van der Waals surface area contributed by atoms with Crippen LogP contribution in [-0.4, -0.2) is 27.2 Å². The molecule has 0 atom stereocenters. The third-order valence-electron chi connectivity index (χ3n) is 3.68. The maximum absolute atomic E-state index is 10.5. The van der Waals surface area contributed by atoms with Gasteiger partial charge in [0.2, 0.25) is 0 Å². The second kappa shape index (κ2) is 8.69. The van der Waals surface area contributed by atoms with Gasteiger partial charge in [0.15, 0.2) is 6.29 Å². The number of hydrogen-bond acceptors (Lipinski definition) is 3. The summed E-state index contributed by atoms with van der Waals surface area (Å²) in [4.78, 5) is 0. The maximum Gasteiger partial charge on any atom is 0.171 e. The molecule has 3 heteroatoms. The summed E-state index contributed by atoms with van der Waals surface area (Å²) in [6.07, 6.45) is 8.63. The van der Waals surface area contributed by atoms with Crippen LogP contribution in [0.4, 0.5) is 0 Å². The molecule has 0 aliphatic rings. The Bertz CT molecular complexity index is 550. The second-order valence-electron chi connectivity index (χ2n) is 5.31. The Morgan fingerprint density at radius 3 is 2.45 bits per heavy atom. The van der Waals surface area contributed by atoms with Gasteiger partial charge in [0.25, 0.3) is 0 Å². The quantitative estimate of drug-likeness (QED) is 0.533. The van der Waals surface area contributed by atoms with Crippen LogP contribution >= 0.6 is 0 Å². The lowest BCUT2D eigenvalue weighted by Crippen LogP contribution is -2.23. The maximum atomic E-state index is 10.5. The molecular formula is C19H26O3. The van der Waals surface area contributed by atoms with Crippen molar-refractivity contribution in [2.24, 2.45) is 0 Å². The molecule has 0 fully saturated rings. The first-order chi connectivity index (χ1) is 10.4. The summed E-state index contributed by atoms with van der Waals surface area (Å²) >= 11 is 0. The highest BCUT2D eigenvalue weighted by Gasteiger charge is 2.19. The van der Waals surface area contributed by atoms with Crippen molar-refractivity contribution in [3.05, 3.63) is 59.7 Å². The molecule has 0 aliphatic carbocycles. The van der Waals surface area contributed by atoms with Crippen molar-refractivity contribution >= 4 is 11.6 Å². The van der Waals surface area contributed by atoms with Gasteiger partial charge in [0.1, 0.15) is 0 Å². The molecule has 0 aromatic heterocycles. The third kappa shape index (κ3) is 5.60. The first-order valence-corrected chi connectivity index (χ1v) is 7.66. The smallest absolute Gasteiger partial charge is 0.171 e. The van der Waals surface area contributed by atoms with Gasteiger partial charge in [-0.25, -0.2) is 0 Å². The van der Waals surface area contributed by atoms with Crippen LogP contribution in [0.3, 0.4) is 0 Å². The Balaban J connectivity index is 3.22. The van der Waals surface area contributed by atoms with E-state index in [0.29, 0.717) is 12.8 Å². The van der Waals surface area contributed by atoms with Crippen LogP contribution in [0.5, 0.6) is 0 Å². The number of aliphatic hydroxyl groups is 3. The van der Waals surface area contributed by atoms with Gasteiger partial charge in [-0.2, -0.15) is 0 Å². The minimum absolute atomic E-state index is 0.654. The van der Waals surface area contributed by atoms with Crippen molar-refractivity contribution in [3.63, 3.8) is 0 Å². The molecule has 0 saturated heterocycles. The van der Waals surface area contributed by atoms with Gasteiger partial charge < -0.3 is 15.3 Å². The van der Waals surface area contributed by atoms with Crippen molar-refractivity contribution in [3.8, 4) is 0 Å². The van der Waals surface area contributed by atoms with Crippen LogP contribution in [0.1, 0.15) is 44.7 Å². The molecule has 0 aliphatic heterocycles. The summed E-state index contributed by atoms with van der Waals surface area (Å²) in [5.74, 6) is 0. The predicted molar refractivity (Wildman–Crippen MR) is 92.0 cm³/mol. The van der Waals surface area contributed by atoms with E-state index in [1.165, 1.54) is 6.08 Å². The van der Waals surface area contributed by atoms with Crippen LogP contribution < -0.4 is 0 Å². The molecule has 1 aromatic carbocycles. The van der Waals surface area contributed by atoms with E-state index in [1.54, 1.807) is 6.08 Å². The monoisotopic (exact) mass is 302 g/mol. The van der Waals surface area contributed by atoms with Crippen molar-refractivity contribution in [1.29, 1.82) is 0 Å². The SMILES string of the molecule is C/C=C/C(=C\C(O)(CC)CC)c1cccc(/C=C/C(O)O)c1. The standard InChI is InChI=1S/C19H26O3/c1-4-8-17(14-19(22,5-2)6-3)16-10-7-9-15(13-16)11-12-18(20)21/h4,7-14,18,20-22H,5-6H2,1-3H3/b8-4+,12-11+,17-14+. The number of benzene rings is 1. The largest absolute Gasteiger partial charge is 0.386 e. The number of allylic oxidation sites excluding steroid dienone is 3. The average Bonchev–Trinajstić information content (AvgIpc) is 2.52.